The summed E-state index contributed by atoms with van der Waals surface area (Å²) in [5.74, 6) is -0.346. The van der Waals surface area contributed by atoms with Crippen molar-refractivity contribution in [3.8, 4) is 0 Å². The molecule has 7 heteroatoms. The van der Waals surface area contributed by atoms with Crippen molar-refractivity contribution in [3.63, 3.8) is 0 Å². The largest absolute Gasteiger partial charge is 0.290 e. The molecule has 0 spiro atoms. The lowest BCUT2D eigenvalue weighted by Gasteiger charge is -1.98. The summed E-state index contributed by atoms with van der Waals surface area (Å²) in [6, 6.07) is 7.75. The van der Waals surface area contributed by atoms with E-state index in [0.717, 1.165) is 9.13 Å². The normalized spacial score (nSPS) is 10.8. The van der Waals surface area contributed by atoms with Gasteiger partial charge in [0.2, 0.25) is 0 Å². The number of carbonyl (C=O) groups excluding carboxylic acids is 1. The summed E-state index contributed by atoms with van der Waals surface area (Å²) < 4.78 is 1.67. The zero-order valence-electron chi connectivity index (χ0n) is 9.02. The molecule has 0 saturated carbocycles. The Bertz CT molecular complexity index is 596. The average molecular weight is 419 g/mol. The van der Waals surface area contributed by atoms with Gasteiger partial charge in [-0.25, -0.2) is 5.43 Å². The number of amides is 1. The van der Waals surface area contributed by atoms with Crippen LogP contribution in [0.2, 0.25) is 0 Å². The summed E-state index contributed by atoms with van der Waals surface area (Å²) in [7, 11) is 0. The van der Waals surface area contributed by atoms with Crippen molar-refractivity contribution >= 4 is 50.6 Å². The lowest BCUT2D eigenvalue weighted by atomic mass is 10.2. The molecule has 18 heavy (non-hydrogen) atoms. The van der Waals surface area contributed by atoms with Gasteiger partial charge in [0.25, 0.3) is 5.91 Å². The van der Waals surface area contributed by atoms with Crippen LogP contribution >= 0.6 is 38.5 Å². The van der Waals surface area contributed by atoms with E-state index in [2.05, 4.69) is 59.2 Å². The molecule has 0 bridgehead atoms. The Kier molecular flexibility index (Phi) is 4.48. The Hall–Kier alpha value is -1.22. The third-order valence-corrected chi connectivity index (χ3v) is 3.68. The first-order chi connectivity index (χ1) is 8.68. The minimum absolute atomic E-state index is 0.343. The Labute approximate surface area is 125 Å². The molecule has 0 aliphatic carbocycles. The fraction of sp³-hybridized carbons (Fsp3) is 0. The van der Waals surface area contributed by atoms with Crippen molar-refractivity contribution in [2.75, 3.05) is 0 Å². The fourth-order valence-corrected chi connectivity index (χ4v) is 2.12. The van der Waals surface area contributed by atoms with Crippen LogP contribution in [0.15, 0.2) is 40.0 Å². The van der Waals surface area contributed by atoms with Crippen LogP contribution in [0.1, 0.15) is 16.1 Å². The van der Waals surface area contributed by atoms with Crippen LogP contribution in [-0.2, 0) is 0 Å². The van der Waals surface area contributed by atoms with Gasteiger partial charge in [-0.15, -0.1) is 0 Å². The van der Waals surface area contributed by atoms with Crippen molar-refractivity contribution in [3.05, 3.63) is 49.8 Å². The Morgan fingerprint density at radius 2 is 2.28 bits per heavy atom. The number of hydrogen-bond donors (Lipinski definition) is 2. The van der Waals surface area contributed by atoms with E-state index in [9.17, 15) is 4.79 Å². The first kappa shape index (κ1) is 13.2. The van der Waals surface area contributed by atoms with Crippen molar-refractivity contribution in [1.82, 2.24) is 15.6 Å². The van der Waals surface area contributed by atoms with Gasteiger partial charge in [-0.2, -0.15) is 10.2 Å². The maximum absolute atomic E-state index is 11.7. The second-order valence-corrected chi connectivity index (χ2v) is 5.33. The van der Waals surface area contributed by atoms with Gasteiger partial charge in [-0.3, -0.25) is 9.89 Å². The SMILES string of the molecule is O=C(N/N=C/c1ccccc1I)c1[nH]ncc1Br. The molecule has 2 N–H and O–H groups in total. The molecule has 0 fully saturated rings. The molecule has 0 atom stereocenters. The molecule has 0 radical (unpaired) electrons. The van der Waals surface area contributed by atoms with Crippen LogP contribution in [0.5, 0.6) is 0 Å². The predicted molar refractivity (Wildman–Crippen MR) is 80.5 cm³/mol. The standard InChI is InChI=1S/C11H8BrIN4O/c12-8-6-15-16-10(8)11(18)17-14-5-7-3-1-2-4-9(7)13/h1-6H,(H,15,16)(H,17,18)/b14-5+. The molecule has 92 valence electrons. The number of hydrogen-bond acceptors (Lipinski definition) is 3. The summed E-state index contributed by atoms with van der Waals surface area (Å²) in [6.45, 7) is 0. The molecule has 1 aromatic carbocycles. The van der Waals surface area contributed by atoms with E-state index < -0.39 is 0 Å². The molecule has 5 nitrogen and oxygen atoms in total. The first-order valence-corrected chi connectivity index (χ1v) is 6.82. The Morgan fingerprint density at radius 3 is 2.94 bits per heavy atom. The summed E-state index contributed by atoms with van der Waals surface area (Å²) >= 11 is 5.41. The van der Waals surface area contributed by atoms with Gasteiger partial charge >= 0.3 is 0 Å². The van der Waals surface area contributed by atoms with Crippen LogP contribution in [0.25, 0.3) is 0 Å². The number of H-pyrrole nitrogens is 1. The lowest BCUT2D eigenvalue weighted by molar-refractivity contribution is 0.0949. The minimum atomic E-state index is -0.346. The van der Waals surface area contributed by atoms with E-state index in [-0.39, 0.29) is 5.91 Å². The molecule has 0 aliphatic heterocycles. The number of aromatic amines is 1. The van der Waals surface area contributed by atoms with Crippen molar-refractivity contribution in [2.45, 2.75) is 0 Å². The zero-order valence-corrected chi connectivity index (χ0v) is 12.8. The highest BCUT2D eigenvalue weighted by Gasteiger charge is 2.10. The van der Waals surface area contributed by atoms with E-state index in [4.69, 9.17) is 0 Å². The van der Waals surface area contributed by atoms with Gasteiger partial charge in [0.05, 0.1) is 16.9 Å². The van der Waals surface area contributed by atoms with Crippen LogP contribution in [0, 0.1) is 3.57 Å². The van der Waals surface area contributed by atoms with Crippen LogP contribution < -0.4 is 5.43 Å². The number of aromatic nitrogens is 2. The summed E-state index contributed by atoms with van der Waals surface area (Å²) in [5.41, 5.74) is 3.72. The van der Waals surface area contributed by atoms with Crippen molar-refractivity contribution in [2.24, 2.45) is 5.10 Å². The van der Waals surface area contributed by atoms with E-state index >= 15 is 0 Å². The highest BCUT2D eigenvalue weighted by atomic mass is 127. The molecule has 0 aliphatic rings. The number of rotatable bonds is 3. The van der Waals surface area contributed by atoms with Gasteiger partial charge in [0.1, 0.15) is 5.69 Å². The average Bonchev–Trinajstić information content (AvgIpc) is 2.78. The third kappa shape index (κ3) is 3.16. The van der Waals surface area contributed by atoms with Crippen molar-refractivity contribution in [1.29, 1.82) is 0 Å². The summed E-state index contributed by atoms with van der Waals surface area (Å²) in [6.07, 6.45) is 3.11. The monoisotopic (exact) mass is 418 g/mol. The molecule has 1 amide bonds. The molecular formula is C11H8BrIN4O. The Balaban J connectivity index is 2.03. The topological polar surface area (TPSA) is 70.1 Å². The maximum Gasteiger partial charge on any atom is 0.290 e. The van der Waals surface area contributed by atoms with Crippen molar-refractivity contribution < 1.29 is 4.79 Å². The minimum Gasteiger partial charge on any atom is -0.272 e. The second-order valence-electron chi connectivity index (χ2n) is 3.31. The fourth-order valence-electron chi connectivity index (χ4n) is 1.23. The number of nitrogens with zero attached hydrogens (tertiary/aromatic N) is 2. The van der Waals surface area contributed by atoms with Gasteiger partial charge in [0.15, 0.2) is 0 Å². The summed E-state index contributed by atoms with van der Waals surface area (Å²) in [5, 5.41) is 10.2. The number of carbonyl (C=O) groups is 1. The lowest BCUT2D eigenvalue weighted by Crippen LogP contribution is -2.18. The molecule has 0 unspecified atom stereocenters. The molecule has 0 saturated heterocycles. The smallest absolute Gasteiger partial charge is 0.272 e. The van der Waals surface area contributed by atoms with Gasteiger partial charge < -0.3 is 0 Å². The Morgan fingerprint density at radius 1 is 1.50 bits per heavy atom. The van der Waals surface area contributed by atoms with Gasteiger partial charge in [-0.05, 0) is 44.6 Å². The van der Waals surface area contributed by atoms with E-state index in [0.29, 0.717) is 10.2 Å². The number of benzene rings is 1. The highest BCUT2D eigenvalue weighted by Crippen LogP contribution is 2.12. The molecule has 1 aromatic heterocycles. The second kappa shape index (κ2) is 6.10. The van der Waals surface area contributed by atoms with E-state index in [1.54, 1.807) is 6.21 Å². The van der Waals surface area contributed by atoms with Crippen LogP contribution in [-0.4, -0.2) is 22.3 Å². The quantitative estimate of drug-likeness (QED) is 0.457. The number of hydrazone groups is 1. The van der Waals surface area contributed by atoms with Crippen LogP contribution in [0.3, 0.4) is 0 Å². The molecular weight excluding hydrogens is 411 g/mol. The van der Waals surface area contributed by atoms with E-state index in [1.807, 2.05) is 24.3 Å². The van der Waals surface area contributed by atoms with Crippen LogP contribution in [0.4, 0.5) is 0 Å². The first-order valence-electron chi connectivity index (χ1n) is 4.95. The number of nitrogens with one attached hydrogen (secondary N) is 2. The predicted octanol–water partition coefficient (Wildman–Crippen LogP) is 2.54. The number of halogens is 2. The molecule has 1 heterocycles. The molecule has 2 rings (SSSR count). The van der Waals surface area contributed by atoms with Gasteiger partial charge in [0, 0.05) is 9.13 Å². The molecule has 2 aromatic rings. The zero-order chi connectivity index (χ0) is 13.0. The van der Waals surface area contributed by atoms with E-state index in [1.165, 1.54) is 6.20 Å². The van der Waals surface area contributed by atoms with Gasteiger partial charge in [-0.1, -0.05) is 18.2 Å². The summed E-state index contributed by atoms with van der Waals surface area (Å²) in [4.78, 5) is 11.7. The third-order valence-electron chi connectivity index (χ3n) is 2.10. The maximum atomic E-state index is 11.7. The highest BCUT2D eigenvalue weighted by molar-refractivity contribution is 14.1.